The highest BCUT2D eigenvalue weighted by atomic mass is 16.5. The third-order valence-corrected chi connectivity index (χ3v) is 14.2. The minimum Gasteiger partial charge on any atom is -0.456 e. The smallest absolute Gasteiger partial charge is 0.235 e. The van der Waals surface area contributed by atoms with Crippen LogP contribution in [0.1, 0.15) is 76.3 Å². The lowest BCUT2D eigenvalue weighted by Crippen LogP contribution is -2.45. The van der Waals surface area contributed by atoms with Crippen LogP contribution < -0.4 is 0 Å². The normalized spacial score (nSPS) is 15.4. The number of unbranched alkanes of at least 4 members (excludes halogenated alkanes) is 4. The Labute approximate surface area is 399 Å². The third kappa shape index (κ3) is 10.1. The lowest BCUT2D eigenvalue weighted by Gasteiger charge is -2.40. The summed E-state index contributed by atoms with van der Waals surface area (Å²) in [4.78, 5) is 10.7. The van der Waals surface area contributed by atoms with Crippen LogP contribution in [-0.2, 0) is 41.6 Å². The van der Waals surface area contributed by atoms with Gasteiger partial charge in [-0.05, 0) is 105 Å². The van der Waals surface area contributed by atoms with Gasteiger partial charge in [0.15, 0.2) is 0 Å². The number of hydrogen-bond acceptors (Lipinski definition) is 9. The van der Waals surface area contributed by atoms with Crippen molar-refractivity contribution in [3.63, 3.8) is 0 Å². The number of nitrogens with zero attached hydrogens (tertiary/aromatic N) is 3. The number of fused-ring (bicyclic) bond motifs is 7. The molecular formula is C58H65N3O7. The zero-order chi connectivity index (χ0) is 46.2. The molecule has 0 unspecified atom stereocenters. The first-order chi connectivity index (χ1) is 33.5. The number of benzene rings is 5. The summed E-state index contributed by atoms with van der Waals surface area (Å²) in [5, 5.41) is 4.27. The molecular weight excluding hydrogens is 851 g/mol. The van der Waals surface area contributed by atoms with Gasteiger partial charge in [0.2, 0.25) is 5.95 Å². The summed E-state index contributed by atoms with van der Waals surface area (Å²) in [6.07, 6.45) is 8.42. The van der Waals surface area contributed by atoms with Crippen LogP contribution in [-0.4, -0.2) is 80.6 Å². The monoisotopic (exact) mass is 915 g/mol. The Morgan fingerprint density at radius 2 is 1.03 bits per heavy atom. The van der Waals surface area contributed by atoms with Crippen molar-refractivity contribution < 1.29 is 32.8 Å². The fourth-order valence-corrected chi connectivity index (χ4v) is 9.59. The standard InChI is InChI=1S/C58H65N3O7/c1-3-57(38-66-39-57)36-64-29-15-7-13-27-62-34-42-21-24-51-47(31-42)46-23-26-53-54(48-32-43(22-25-52(48)68-53)35-63-28-14-8-16-30-65-37-58(4-2)40-67-41-58)55(46)61(51)56-59-49(44-17-9-5-10-18-44)33-50(60-56)45-19-11-6-12-20-45/h5-6,9-12,17-26,31-33H,3-4,7-8,13-16,27-30,34-41H2,1-2H3. The van der Waals surface area contributed by atoms with Gasteiger partial charge in [0, 0.05) is 64.5 Å². The molecule has 2 aliphatic heterocycles. The maximum absolute atomic E-state index is 6.63. The van der Waals surface area contributed by atoms with Gasteiger partial charge < -0.3 is 32.8 Å². The van der Waals surface area contributed by atoms with E-state index in [4.69, 9.17) is 42.8 Å². The molecule has 5 aromatic carbocycles. The van der Waals surface area contributed by atoms with Crippen molar-refractivity contribution in [2.24, 2.45) is 10.8 Å². The second-order valence-corrected chi connectivity index (χ2v) is 19.1. The molecule has 0 saturated carbocycles. The van der Waals surface area contributed by atoms with Crippen LogP contribution in [0.25, 0.3) is 72.2 Å². The predicted molar refractivity (Wildman–Crippen MR) is 270 cm³/mol. The molecule has 0 spiro atoms. The van der Waals surface area contributed by atoms with Crippen molar-refractivity contribution in [1.82, 2.24) is 14.5 Å². The molecule has 2 aliphatic rings. The highest BCUT2D eigenvalue weighted by molar-refractivity contribution is 6.24. The van der Waals surface area contributed by atoms with Crippen molar-refractivity contribution in [3.8, 4) is 28.5 Å². The van der Waals surface area contributed by atoms with Crippen LogP contribution in [0.2, 0.25) is 0 Å². The fraction of sp³-hybridized carbons (Fsp3) is 0.414. The van der Waals surface area contributed by atoms with Gasteiger partial charge in [-0.1, -0.05) is 86.6 Å². The summed E-state index contributed by atoms with van der Waals surface area (Å²) >= 11 is 0. The zero-order valence-corrected chi connectivity index (χ0v) is 39.8. The number of aromatic nitrogens is 3. The molecule has 68 heavy (non-hydrogen) atoms. The topological polar surface area (TPSA) is 99.2 Å². The van der Waals surface area contributed by atoms with Gasteiger partial charge in [-0.15, -0.1) is 0 Å². The van der Waals surface area contributed by atoms with Crippen molar-refractivity contribution in [1.29, 1.82) is 0 Å². The Morgan fingerprint density at radius 1 is 0.515 bits per heavy atom. The van der Waals surface area contributed by atoms with E-state index in [1.54, 1.807) is 0 Å². The van der Waals surface area contributed by atoms with Crippen molar-refractivity contribution >= 4 is 43.7 Å². The Balaban J connectivity index is 0.920. The molecule has 10 nitrogen and oxygen atoms in total. The molecule has 3 aromatic heterocycles. The average Bonchev–Trinajstić information content (AvgIpc) is 3.89. The summed E-state index contributed by atoms with van der Waals surface area (Å²) in [6.45, 7) is 13.4. The molecule has 10 rings (SSSR count). The van der Waals surface area contributed by atoms with Gasteiger partial charge in [-0.25, -0.2) is 9.97 Å². The average molecular weight is 916 g/mol. The van der Waals surface area contributed by atoms with Gasteiger partial charge in [0.25, 0.3) is 0 Å². The zero-order valence-electron chi connectivity index (χ0n) is 39.8. The molecule has 0 N–H and O–H groups in total. The Bertz CT molecular complexity index is 2850. The van der Waals surface area contributed by atoms with Crippen LogP contribution in [0.15, 0.2) is 120 Å². The summed E-state index contributed by atoms with van der Waals surface area (Å²) in [7, 11) is 0. The first-order valence-electron chi connectivity index (χ1n) is 24.9. The molecule has 10 heteroatoms. The summed E-state index contributed by atoms with van der Waals surface area (Å²) < 4.78 is 44.4. The Kier molecular flexibility index (Phi) is 14.6. The van der Waals surface area contributed by atoms with Crippen molar-refractivity contribution in [3.05, 3.63) is 126 Å². The second kappa shape index (κ2) is 21.5. The lowest BCUT2D eigenvalue weighted by molar-refractivity contribution is -0.150. The van der Waals surface area contributed by atoms with E-state index < -0.39 is 0 Å². The van der Waals surface area contributed by atoms with Crippen LogP contribution in [0, 0.1) is 10.8 Å². The number of ether oxygens (including phenoxy) is 6. The van der Waals surface area contributed by atoms with Crippen LogP contribution in [0.4, 0.5) is 0 Å². The van der Waals surface area contributed by atoms with E-state index in [0.717, 1.165) is 182 Å². The van der Waals surface area contributed by atoms with Gasteiger partial charge in [0.1, 0.15) is 11.2 Å². The van der Waals surface area contributed by atoms with Crippen LogP contribution in [0.3, 0.4) is 0 Å². The van der Waals surface area contributed by atoms with Gasteiger partial charge in [0.05, 0.1) is 80.7 Å². The Hall–Kier alpha value is -5.46. The van der Waals surface area contributed by atoms with E-state index in [9.17, 15) is 0 Å². The maximum Gasteiger partial charge on any atom is 0.235 e. The third-order valence-electron chi connectivity index (χ3n) is 14.2. The first-order valence-corrected chi connectivity index (χ1v) is 24.9. The van der Waals surface area contributed by atoms with E-state index in [1.807, 2.05) is 12.1 Å². The molecule has 0 bridgehead atoms. The Morgan fingerprint density at radius 3 is 1.56 bits per heavy atom. The molecule has 0 amide bonds. The molecule has 354 valence electrons. The number of hydrogen-bond donors (Lipinski definition) is 0. The van der Waals surface area contributed by atoms with Crippen LogP contribution in [0.5, 0.6) is 0 Å². The fourth-order valence-electron chi connectivity index (χ4n) is 9.59. The molecule has 5 heterocycles. The number of furan rings is 1. The summed E-state index contributed by atoms with van der Waals surface area (Å²) in [6, 6.07) is 40.2. The number of rotatable bonds is 25. The van der Waals surface area contributed by atoms with Crippen LogP contribution >= 0.6 is 0 Å². The highest BCUT2D eigenvalue weighted by Crippen LogP contribution is 2.42. The largest absolute Gasteiger partial charge is 0.456 e. The summed E-state index contributed by atoms with van der Waals surface area (Å²) in [5.41, 5.74) is 10.1. The van der Waals surface area contributed by atoms with E-state index in [2.05, 4.69) is 122 Å². The van der Waals surface area contributed by atoms with E-state index in [0.29, 0.717) is 32.4 Å². The molecule has 0 atom stereocenters. The molecule has 2 fully saturated rings. The quantitative estimate of drug-likeness (QED) is 0.0519. The van der Waals surface area contributed by atoms with Gasteiger partial charge in [-0.3, -0.25) is 4.57 Å². The maximum atomic E-state index is 6.63. The molecule has 0 aliphatic carbocycles. The second-order valence-electron chi connectivity index (χ2n) is 19.1. The van der Waals surface area contributed by atoms with E-state index in [1.165, 1.54) is 0 Å². The first kappa shape index (κ1) is 46.3. The van der Waals surface area contributed by atoms with Crippen molar-refractivity contribution in [2.75, 3.05) is 66.1 Å². The minimum atomic E-state index is 0.235. The minimum absolute atomic E-state index is 0.235. The molecule has 0 radical (unpaired) electrons. The van der Waals surface area contributed by atoms with E-state index >= 15 is 0 Å². The highest BCUT2D eigenvalue weighted by Gasteiger charge is 2.37. The lowest BCUT2D eigenvalue weighted by atomic mass is 9.84. The van der Waals surface area contributed by atoms with Crippen molar-refractivity contribution in [2.45, 2.75) is 78.4 Å². The van der Waals surface area contributed by atoms with Gasteiger partial charge >= 0.3 is 0 Å². The molecule has 2 saturated heterocycles. The van der Waals surface area contributed by atoms with Gasteiger partial charge in [-0.2, -0.15) is 0 Å². The SMILES string of the molecule is CCC1(COCCCCCOCc2ccc3oc4ccc5c6cc(COCCCCCOCC7(CC)COC7)ccc6n(-c6nc(-c7ccccc7)cc(-c7ccccc7)n6)c5c4c3c2)COC1. The summed E-state index contributed by atoms with van der Waals surface area (Å²) in [5.74, 6) is 0.595. The van der Waals surface area contributed by atoms with E-state index in [-0.39, 0.29) is 10.8 Å². The predicted octanol–water partition coefficient (Wildman–Crippen LogP) is 13.1. The molecule has 8 aromatic rings.